The van der Waals surface area contributed by atoms with Gasteiger partial charge in [0.1, 0.15) is 5.82 Å². The van der Waals surface area contributed by atoms with Crippen molar-refractivity contribution in [3.63, 3.8) is 0 Å². The number of pyridine rings is 1. The van der Waals surface area contributed by atoms with Crippen molar-refractivity contribution >= 4 is 42.4 Å². The fourth-order valence-corrected chi connectivity index (χ4v) is 3.09. The third-order valence-electron chi connectivity index (χ3n) is 4.73. The highest BCUT2D eigenvalue weighted by Crippen LogP contribution is 2.20. The minimum absolute atomic E-state index is 0. The van der Waals surface area contributed by atoms with Crippen LogP contribution in [0.25, 0.3) is 0 Å². The Bertz CT molecular complexity index is 561. The topological polar surface area (TPSA) is 88.3 Å². The van der Waals surface area contributed by atoms with Gasteiger partial charge in [0.2, 0.25) is 11.8 Å². The largest absolute Gasteiger partial charge is 0.343 e. The fourth-order valence-electron chi connectivity index (χ4n) is 3.09. The van der Waals surface area contributed by atoms with Gasteiger partial charge in [0.05, 0.1) is 0 Å². The van der Waals surface area contributed by atoms with E-state index in [-0.39, 0.29) is 42.5 Å². The van der Waals surface area contributed by atoms with Crippen molar-refractivity contribution in [1.82, 2.24) is 9.88 Å². The highest BCUT2D eigenvalue weighted by molar-refractivity contribution is 5.91. The van der Waals surface area contributed by atoms with Crippen LogP contribution in [0.1, 0.15) is 50.5 Å². The Kier molecular flexibility index (Phi) is 13.0. The van der Waals surface area contributed by atoms with Crippen LogP contribution < -0.4 is 11.1 Å². The summed E-state index contributed by atoms with van der Waals surface area (Å²) in [5.74, 6) is 0.764. The Morgan fingerprint density at radius 2 is 1.81 bits per heavy atom. The van der Waals surface area contributed by atoms with Crippen LogP contribution in [0.2, 0.25) is 0 Å². The normalized spacial score (nSPS) is 14.1. The first kappa shape index (κ1) is 25.6. The van der Waals surface area contributed by atoms with E-state index in [1.165, 1.54) is 0 Å². The van der Waals surface area contributed by atoms with E-state index in [4.69, 9.17) is 5.73 Å². The lowest BCUT2D eigenvalue weighted by Crippen LogP contribution is -2.41. The molecule has 2 heterocycles. The minimum atomic E-state index is -0.0447. The van der Waals surface area contributed by atoms with Gasteiger partial charge in [-0.15, -0.1) is 24.8 Å². The molecule has 8 heteroatoms. The average Bonchev–Trinajstić information content (AvgIpc) is 2.63. The Labute approximate surface area is 174 Å². The van der Waals surface area contributed by atoms with Gasteiger partial charge in [-0.2, -0.15) is 0 Å². The summed E-state index contributed by atoms with van der Waals surface area (Å²) in [7, 11) is 0. The van der Waals surface area contributed by atoms with Crippen molar-refractivity contribution in [3.05, 3.63) is 23.9 Å². The van der Waals surface area contributed by atoms with E-state index >= 15 is 0 Å². The van der Waals surface area contributed by atoms with Gasteiger partial charge in [0.25, 0.3) is 0 Å². The molecule has 2 rings (SSSR count). The number of hydrogen-bond acceptors (Lipinski definition) is 4. The van der Waals surface area contributed by atoms with E-state index < -0.39 is 0 Å². The Balaban J connectivity index is 0.00000338. The van der Waals surface area contributed by atoms with Gasteiger partial charge in [-0.3, -0.25) is 9.59 Å². The molecule has 0 bridgehead atoms. The molecule has 0 spiro atoms. The molecule has 0 radical (unpaired) electrons. The van der Waals surface area contributed by atoms with Gasteiger partial charge in [-0.1, -0.05) is 18.9 Å². The van der Waals surface area contributed by atoms with Crippen molar-refractivity contribution < 1.29 is 9.59 Å². The molecule has 1 aromatic heterocycles. The maximum absolute atomic E-state index is 12.3. The number of piperidine rings is 1. The molecule has 6 nitrogen and oxygen atoms in total. The van der Waals surface area contributed by atoms with Crippen molar-refractivity contribution in [1.29, 1.82) is 0 Å². The summed E-state index contributed by atoms with van der Waals surface area (Å²) in [6.07, 6.45) is 7.90. The Morgan fingerprint density at radius 1 is 1.15 bits per heavy atom. The molecule has 0 atom stereocenters. The SMILES string of the molecule is Cc1ccc(NC(=O)C2CCN(C(=O)CCCCCCN)CC2)nc1.Cl.Cl. The van der Waals surface area contributed by atoms with E-state index in [1.807, 2.05) is 24.0 Å². The number of carbonyl (C=O) groups is 2. The molecular formula is C19H32Cl2N4O2. The van der Waals surface area contributed by atoms with Gasteiger partial charge >= 0.3 is 0 Å². The summed E-state index contributed by atoms with van der Waals surface area (Å²) in [5.41, 5.74) is 6.53. The lowest BCUT2D eigenvalue weighted by Gasteiger charge is -2.31. The van der Waals surface area contributed by atoms with E-state index in [2.05, 4.69) is 10.3 Å². The first-order chi connectivity index (χ1) is 12.1. The van der Waals surface area contributed by atoms with Gasteiger partial charge in [0.15, 0.2) is 0 Å². The van der Waals surface area contributed by atoms with E-state index in [9.17, 15) is 9.59 Å². The molecule has 27 heavy (non-hydrogen) atoms. The first-order valence-corrected chi connectivity index (χ1v) is 9.31. The smallest absolute Gasteiger partial charge is 0.228 e. The number of amides is 2. The van der Waals surface area contributed by atoms with Gasteiger partial charge < -0.3 is 16.0 Å². The zero-order valence-corrected chi connectivity index (χ0v) is 17.6. The van der Waals surface area contributed by atoms with Crippen LogP contribution in [0.4, 0.5) is 5.82 Å². The summed E-state index contributed by atoms with van der Waals surface area (Å²) < 4.78 is 0. The van der Waals surface area contributed by atoms with E-state index in [1.54, 1.807) is 6.20 Å². The van der Waals surface area contributed by atoms with Crippen LogP contribution in [0.15, 0.2) is 18.3 Å². The van der Waals surface area contributed by atoms with Crippen molar-refractivity contribution in [2.75, 3.05) is 25.0 Å². The lowest BCUT2D eigenvalue weighted by molar-refractivity contribution is -0.134. The fraction of sp³-hybridized carbons (Fsp3) is 0.632. The zero-order chi connectivity index (χ0) is 18.1. The zero-order valence-electron chi connectivity index (χ0n) is 16.0. The monoisotopic (exact) mass is 418 g/mol. The number of likely N-dealkylation sites (tertiary alicyclic amines) is 1. The van der Waals surface area contributed by atoms with Crippen molar-refractivity contribution in [2.45, 2.75) is 51.9 Å². The molecule has 0 aromatic carbocycles. The number of nitrogens with one attached hydrogen (secondary N) is 1. The van der Waals surface area contributed by atoms with Crippen molar-refractivity contribution in [3.8, 4) is 0 Å². The first-order valence-electron chi connectivity index (χ1n) is 9.31. The molecule has 1 aliphatic heterocycles. The second-order valence-corrected chi connectivity index (χ2v) is 6.82. The number of aryl methyl sites for hydroxylation is 1. The van der Waals surface area contributed by atoms with Crippen LogP contribution in [-0.4, -0.2) is 41.3 Å². The van der Waals surface area contributed by atoms with Gasteiger partial charge in [-0.05, 0) is 50.8 Å². The molecule has 2 amide bonds. The standard InChI is InChI=1S/C19H30N4O2.2ClH/c1-15-7-8-17(21-14-15)22-19(25)16-9-12-23(13-10-16)18(24)6-4-2-3-5-11-20;;/h7-8,14,16H,2-6,9-13,20H2,1H3,(H,21,22,25);2*1H. The van der Waals surface area contributed by atoms with E-state index in [0.717, 1.165) is 50.6 Å². The predicted octanol–water partition coefficient (Wildman–Crippen LogP) is 3.32. The highest BCUT2D eigenvalue weighted by Gasteiger charge is 2.27. The van der Waals surface area contributed by atoms with Gasteiger partial charge in [-0.25, -0.2) is 4.98 Å². The second kappa shape index (κ2) is 13.7. The lowest BCUT2D eigenvalue weighted by atomic mass is 9.95. The Hall–Kier alpha value is -1.37. The molecule has 0 saturated carbocycles. The predicted molar refractivity (Wildman–Crippen MR) is 114 cm³/mol. The number of nitrogens with two attached hydrogens (primary N) is 1. The molecule has 3 N–H and O–H groups in total. The molecule has 0 unspecified atom stereocenters. The molecule has 0 aliphatic carbocycles. The number of anilines is 1. The number of nitrogens with zero attached hydrogens (tertiary/aromatic N) is 2. The molecule has 1 saturated heterocycles. The Morgan fingerprint density at radius 3 is 2.41 bits per heavy atom. The van der Waals surface area contributed by atoms with Crippen LogP contribution in [0.5, 0.6) is 0 Å². The third-order valence-corrected chi connectivity index (χ3v) is 4.73. The third kappa shape index (κ3) is 8.91. The van der Waals surface area contributed by atoms with Crippen LogP contribution in [-0.2, 0) is 9.59 Å². The molecule has 1 aliphatic rings. The number of carbonyl (C=O) groups excluding carboxylic acids is 2. The maximum Gasteiger partial charge on any atom is 0.228 e. The summed E-state index contributed by atoms with van der Waals surface area (Å²) in [5, 5.41) is 2.87. The number of hydrogen-bond donors (Lipinski definition) is 2. The molecule has 1 fully saturated rings. The summed E-state index contributed by atoms with van der Waals surface area (Å²) >= 11 is 0. The number of halogens is 2. The molecule has 1 aromatic rings. The second-order valence-electron chi connectivity index (χ2n) is 6.82. The molecule has 154 valence electrons. The molecular weight excluding hydrogens is 387 g/mol. The maximum atomic E-state index is 12.3. The number of rotatable bonds is 8. The summed E-state index contributed by atoms with van der Waals surface area (Å²) in [6, 6.07) is 3.74. The number of unbranched alkanes of at least 4 members (excludes halogenated alkanes) is 3. The van der Waals surface area contributed by atoms with Gasteiger partial charge in [0, 0.05) is 31.6 Å². The average molecular weight is 419 g/mol. The number of aromatic nitrogens is 1. The quantitative estimate of drug-likeness (QED) is 0.633. The summed E-state index contributed by atoms with van der Waals surface area (Å²) in [4.78, 5) is 30.7. The van der Waals surface area contributed by atoms with Crippen LogP contribution >= 0.6 is 24.8 Å². The van der Waals surface area contributed by atoms with Crippen LogP contribution in [0.3, 0.4) is 0 Å². The van der Waals surface area contributed by atoms with Crippen LogP contribution in [0, 0.1) is 12.8 Å². The summed E-state index contributed by atoms with van der Waals surface area (Å²) in [6.45, 7) is 4.02. The minimum Gasteiger partial charge on any atom is -0.343 e. The van der Waals surface area contributed by atoms with E-state index in [0.29, 0.717) is 25.3 Å². The van der Waals surface area contributed by atoms with Crippen molar-refractivity contribution in [2.24, 2.45) is 11.7 Å². The highest BCUT2D eigenvalue weighted by atomic mass is 35.5.